The van der Waals surface area contributed by atoms with Gasteiger partial charge >= 0.3 is 0 Å². The van der Waals surface area contributed by atoms with Crippen molar-refractivity contribution < 1.29 is 0 Å². The van der Waals surface area contributed by atoms with E-state index in [0.29, 0.717) is 16.4 Å². The molecule has 112 valence electrons. The molecular weight excluding hydrogens is 308 g/mol. The van der Waals surface area contributed by atoms with Crippen LogP contribution in [0.5, 0.6) is 0 Å². The van der Waals surface area contributed by atoms with Crippen molar-refractivity contribution in [3.05, 3.63) is 71.0 Å². The van der Waals surface area contributed by atoms with Crippen molar-refractivity contribution >= 4 is 23.3 Å². The van der Waals surface area contributed by atoms with Crippen LogP contribution >= 0.6 is 11.6 Å². The summed E-state index contributed by atoms with van der Waals surface area (Å²) in [4.78, 5) is 0. The summed E-state index contributed by atoms with van der Waals surface area (Å²) in [5, 5.41) is 18.5. The zero-order valence-electron chi connectivity index (χ0n) is 12.4. The Morgan fingerprint density at radius 3 is 2.43 bits per heavy atom. The van der Waals surface area contributed by atoms with Gasteiger partial charge in [0, 0.05) is 17.6 Å². The Kier molecular flexibility index (Phi) is 4.22. The number of rotatable bonds is 3. The maximum atomic E-state index is 9.47. The van der Waals surface area contributed by atoms with Crippen LogP contribution in [-0.2, 0) is 7.05 Å². The van der Waals surface area contributed by atoms with Crippen LogP contribution in [0, 0.1) is 11.3 Å². The lowest BCUT2D eigenvalue weighted by atomic mass is 10.1. The SMILES string of the molecule is Cn1c(/C(C#N)=C\c2ccc(Cl)cc2)nnc1-c1ccccc1. The second kappa shape index (κ2) is 6.47. The molecule has 0 aliphatic carbocycles. The second-order valence-corrected chi connectivity index (χ2v) is 5.43. The lowest BCUT2D eigenvalue weighted by Gasteiger charge is -2.03. The topological polar surface area (TPSA) is 54.5 Å². The Hall–Kier alpha value is -2.90. The fourth-order valence-electron chi connectivity index (χ4n) is 2.27. The number of aromatic nitrogens is 3. The molecule has 1 aromatic heterocycles. The van der Waals surface area contributed by atoms with Gasteiger partial charge in [-0.2, -0.15) is 5.26 Å². The number of allylic oxidation sites excluding steroid dienone is 1. The molecule has 5 heteroatoms. The fourth-order valence-corrected chi connectivity index (χ4v) is 2.40. The van der Waals surface area contributed by atoms with Crippen LogP contribution in [0.15, 0.2) is 54.6 Å². The summed E-state index contributed by atoms with van der Waals surface area (Å²) in [5.41, 5.74) is 2.29. The summed E-state index contributed by atoms with van der Waals surface area (Å²) in [5.74, 6) is 1.25. The van der Waals surface area contributed by atoms with Gasteiger partial charge in [-0.25, -0.2) is 0 Å². The van der Waals surface area contributed by atoms with Gasteiger partial charge in [-0.15, -0.1) is 10.2 Å². The molecule has 4 nitrogen and oxygen atoms in total. The minimum absolute atomic E-state index is 0.449. The van der Waals surface area contributed by atoms with Crippen molar-refractivity contribution in [1.29, 1.82) is 5.26 Å². The monoisotopic (exact) mass is 320 g/mol. The minimum Gasteiger partial charge on any atom is -0.310 e. The van der Waals surface area contributed by atoms with Gasteiger partial charge in [0.2, 0.25) is 0 Å². The van der Waals surface area contributed by atoms with Crippen LogP contribution in [0.2, 0.25) is 5.02 Å². The van der Waals surface area contributed by atoms with Crippen LogP contribution in [0.25, 0.3) is 23.0 Å². The van der Waals surface area contributed by atoms with E-state index in [4.69, 9.17) is 11.6 Å². The Morgan fingerprint density at radius 2 is 1.78 bits per heavy atom. The summed E-state index contributed by atoms with van der Waals surface area (Å²) in [6.07, 6.45) is 1.77. The van der Waals surface area contributed by atoms with Crippen LogP contribution in [0.1, 0.15) is 11.4 Å². The summed E-state index contributed by atoms with van der Waals surface area (Å²) >= 11 is 5.88. The lowest BCUT2D eigenvalue weighted by Crippen LogP contribution is -1.98. The number of hydrogen-bond donors (Lipinski definition) is 0. The normalized spacial score (nSPS) is 11.3. The molecule has 0 amide bonds. The van der Waals surface area contributed by atoms with Gasteiger partial charge in [0.25, 0.3) is 0 Å². The Labute approximate surface area is 139 Å². The van der Waals surface area contributed by atoms with E-state index in [9.17, 15) is 5.26 Å². The molecule has 0 unspecified atom stereocenters. The Bertz CT molecular complexity index is 887. The number of hydrogen-bond acceptors (Lipinski definition) is 3. The van der Waals surface area contributed by atoms with Crippen molar-refractivity contribution in [2.75, 3.05) is 0 Å². The first-order valence-electron chi connectivity index (χ1n) is 7.01. The van der Waals surface area contributed by atoms with Crippen molar-refractivity contribution in [2.45, 2.75) is 0 Å². The summed E-state index contributed by atoms with van der Waals surface area (Å²) in [7, 11) is 1.85. The molecule has 0 saturated heterocycles. The molecular formula is C18H13ClN4. The quantitative estimate of drug-likeness (QED) is 0.680. The molecule has 23 heavy (non-hydrogen) atoms. The van der Waals surface area contributed by atoms with Crippen LogP contribution in [0.3, 0.4) is 0 Å². The Morgan fingerprint density at radius 1 is 1.09 bits per heavy atom. The molecule has 0 saturated carbocycles. The van der Waals surface area contributed by atoms with Gasteiger partial charge in [-0.1, -0.05) is 54.1 Å². The van der Waals surface area contributed by atoms with Crippen molar-refractivity contribution in [2.24, 2.45) is 7.05 Å². The highest BCUT2D eigenvalue weighted by atomic mass is 35.5. The van der Waals surface area contributed by atoms with E-state index in [1.807, 2.05) is 54.1 Å². The van der Waals surface area contributed by atoms with Crippen LogP contribution < -0.4 is 0 Å². The molecule has 0 fully saturated rings. The highest BCUT2D eigenvalue weighted by Crippen LogP contribution is 2.22. The zero-order chi connectivity index (χ0) is 16.2. The molecule has 0 bridgehead atoms. The molecule has 0 aliphatic heterocycles. The maximum absolute atomic E-state index is 9.47. The first kappa shape index (κ1) is 15.0. The minimum atomic E-state index is 0.449. The molecule has 0 atom stereocenters. The van der Waals surface area contributed by atoms with Crippen LogP contribution in [0.4, 0.5) is 0 Å². The van der Waals surface area contributed by atoms with Gasteiger partial charge in [0.1, 0.15) is 6.07 Å². The lowest BCUT2D eigenvalue weighted by molar-refractivity contribution is 0.901. The van der Waals surface area contributed by atoms with E-state index in [2.05, 4.69) is 16.3 Å². The molecule has 3 aromatic rings. The third kappa shape index (κ3) is 3.15. The number of nitrogens with zero attached hydrogens (tertiary/aromatic N) is 4. The highest BCUT2D eigenvalue weighted by molar-refractivity contribution is 6.30. The molecule has 0 N–H and O–H groups in total. The summed E-state index contributed by atoms with van der Waals surface area (Å²) < 4.78 is 1.82. The third-order valence-corrected chi connectivity index (χ3v) is 3.70. The summed E-state index contributed by atoms with van der Waals surface area (Å²) in [6, 6.07) is 19.2. The smallest absolute Gasteiger partial charge is 0.174 e. The average molecular weight is 321 g/mol. The second-order valence-electron chi connectivity index (χ2n) is 4.99. The van der Waals surface area contributed by atoms with E-state index in [0.717, 1.165) is 17.0 Å². The predicted octanol–water partition coefficient (Wildman–Crippen LogP) is 4.20. The fraction of sp³-hybridized carbons (Fsp3) is 0.0556. The standard InChI is InChI=1S/C18H13ClN4/c1-23-17(14-5-3-2-4-6-14)21-22-18(23)15(12-20)11-13-7-9-16(19)10-8-13/h2-11H,1H3/b15-11-. The average Bonchev–Trinajstić information content (AvgIpc) is 2.97. The van der Waals surface area contributed by atoms with E-state index >= 15 is 0 Å². The van der Waals surface area contributed by atoms with Gasteiger partial charge in [-0.3, -0.25) is 0 Å². The molecule has 2 aromatic carbocycles. The van der Waals surface area contributed by atoms with Crippen molar-refractivity contribution in [3.63, 3.8) is 0 Å². The predicted molar refractivity (Wildman–Crippen MR) is 91.4 cm³/mol. The largest absolute Gasteiger partial charge is 0.310 e. The molecule has 0 aliphatic rings. The number of nitriles is 1. The van der Waals surface area contributed by atoms with E-state index < -0.39 is 0 Å². The molecule has 3 rings (SSSR count). The van der Waals surface area contributed by atoms with Gasteiger partial charge in [0.15, 0.2) is 11.6 Å². The molecule has 1 heterocycles. The number of halogens is 1. The zero-order valence-corrected chi connectivity index (χ0v) is 13.2. The van der Waals surface area contributed by atoms with Crippen molar-refractivity contribution in [1.82, 2.24) is 14.8 Å². The number of benzene rings is 2. The highest BCUT2D eigenvalue weighted by Gasteiger charge is 2.14. The third-order valence-electron chi connectivity index (χ3n) is 3.45. The van der Waals surface area contributed by atoms with Crippen LogP contribution in [-0.4, -0.2) is 14.8 Å². The van der Waals surface area contributed by atoms with Gasteiger partial charge in [-0.05, 0) is 23.8 Å². The van der Waals surface area contributed by atoms with E-state index in [1.165, 1.54) is 0 Å². The van der Waals surface area contributed by atoms with Gasteiger partial charge in [0.05, 0.1) is 5.57 Å². The molecule has 0 spiro atoms. The van der Waals surface area contributed by atoms with Crippen molar-refractivity contribution in [3.8, 4) is 17.5 Å². The maximum Gasteiger partial charge on any atom is 0.174 e. The summed E-state index contributed by atoms with van der Waals surface area (Å²) in [6.45, 7) is 0. The van der Waals surface area contributed by atoms with Gasteiger partial charge < -0.3 is 4.57 Å². The van der Waals surface area contributed by atoms with E-state index in [1.54, 1.807) is 18.2 Å². The van der Waals surface area contributed by atoms with E-state index in [-0.39, 0.29) is 0 Å². The first-order valence-corrected chi connectivity index (χ1v) is 7.39. The first-order chi connectivity index (χ1) is 11.2. The Balaban J connectivity index is 2.02. The molecule has 0 radical (unpaired) electrons.